The van der Waals surface area contributed by atoms with Gasteiger partial charge in [-0.05, 0) is 37.5 Å². The van der Waals surface area contributed by atoms with Gasteiger partial charge in [-0.1, -0.05) is 41.7 Å². The zero-order valence-electron chi connectivity index (χ0n) is 42.1. The van der Waals surface area contributed by atoms with Crippen LogP contribution in [0.25, 0.3) is 43.4 Å². The number of amides is 6. The molecule has 1 aliphatic rings. The molecule has 10 N–H and O–H groups in total. The van der Waals surface area contributed by atoms with Gasteiger partial charge in [-0.3, -0.25) is 39.4 Å². The van der Waals surface area contributed by atoms with E-state index < -0.39 is 72.4 Å². The number of nitrogens with zero attached hydrogens (tertiary/aromatic N) is 7. The number of fused-ring (bicyclic) bond motifs is 14. The summed E-state index contributed by atoms with van der Waals surface area (Å²) >= 11 is 6.79. The number of hydrogen-bond donors (Lipinski definition) is 9. The Balaban J connectivity index is 1.08. The van der Waals surface area contributed by atoms with Crippen molar-refractivity contribution >= 4 is 121 Å². The number of nitrogens with one attached hydrogen (secondary N) is 6. The first-order valence-electron chi connectivity index (χ1n) is 23.9. The van der Waals surface area contributed by atoms with Gasteiger partial charge >= 0.3 is 12.1 Å². The number of aliphatic hydroxyl groups is 1. The highest BCUT2D eigenvalue weighted by molar-refractivity contribution is 7.16. The molecule has 0 saturated carbocycles. The highest BCUT2D eigenvalue weighted by Crippen LogP contribution is 2.40. The van der Waals surface area contributed by atoms with E-state index in [1.54, 1.807) is 70.9 Å². The minimum absolute atomic E-state index is 0.00243. The molecule has 0 fully saturated rings. The molecule has 1 aliphatic heterocycles. The Morgan fingerprint density at radius 3 is 2.29 bits per heavy atom. The number of methoxy groups -OCH3 is 1. The van der Waals surface area contributed by atoms with Crippen molar-refractivity contribution < 1.29 is 53.2 Å². The number of hydrogen-bond acceptors (Lipinski definition) is 24. The summed E-state index contributed by atoms with van der Waals surface area (Å²) in [5.41, 5.74) is 7.86. The van der Waals surface area contributed by atoms with E-state index in [1.807, 2.05) is 0 Å². The number of carbonyl (C=O) groups is 7. The van der Waals surface area contributed by atoms with Crippen LogP contribution in [0.1, 0.15) is 94.2 Å². The Morgan fingerprint density at radius 2 is 1.51 bits per heavy atom. The van der Waals surface area contributed by atoms with Crippen molar-refractivity contribution in [2.24, 2.45) is 5.73 Å². The molecule has 7 aromatic heterocycles. The third-order valence-electron chi connectivity index (χ3n) is 11.7. The molecule has 1 aromatic carbocycles. The van der Waals surface area contributed by atoms with Gasteiger partial charge in [0.15, 0.2) is 5.13 Å². The predicted molar refractivity (Wildman–Crippen MR) is 300 cm³/mol. The van der Waals surface area contributed by atoms with Crippen LogP contribution in [-0.4, -0.2) is 120 Å². The average Bonchev–Trinajstić information content (AvgIpc) is 4.33. The molecule has 0 spiro atoms. The first-order valence-corrected chi connectivity index (χ1v) is 29.1. The van der Waals surface area contributed by atoms with Gasteiger partial charge in [0.25, 0.3) is 17.7 Å². The molecule has 80 heavy (non-hydrogen) atoms. The van der Waals surface area contributed by atoms with E-state index in [0.29, 0.717) is 63.7 Å². The first-order chi connectivity index (χ1) is 38.5. The fourth-order valence-electron chi connectivity index (χ4n) is 7.71. The zero-order valence-corrected chi connectivity index (χ0v) is 47.0. The highest BCUT2D eigenvalue weighted by Gasteiger charge is 2.31. The van der Waals surface area contributed by atoms with E-state index >= 15 is 0 Å². The van der Waals surface area contributed by atoms with E-state index in [0.717, 1.165) is 45.3 Å². The number of benzene rings is 1. The van der Waals surface area contributed by atoms with Crippen LogP contribution in [0.3, 0.4) is 0 Å². The number of anilines is 2. The number of aromatic nitrogens is 7. The van der Waals surface area contributed by atoms with Crippen molar-refractivity contribution in [3.05, 3.63) is 106 Å². The number of pyridine rings is 1. The number of carboxylic acid groups (broad SMARTS) is 1. The zero-order chi connectivity index (χ0) is 56.6. The summed E-state index contributed by atoms with van der Waals surface area (Å²) in [4.78, 5) is 126. The molecular formula is C49H46N14O11S6. The monoisotopic (exact) mass is 1200 g/mol. The second-order valence-corrected chi connectivity index (χ2v) is 23.0. The highest BCUT2D eigenvalue weighted by atomic mass is 32.1. The number of thiazole rings is 6. The lowest BCUT2D eigenvalue weighted by Gasteiger charge is -2.23. The normalized spacial score (nSPS) is 15.7. The summed E-state index contributed by atoms with van der Waals surface area (Å²) < 4.78 is 10.5. The van der Waals surface area contributed by atoms with Crippen LogP contribution in [0.5, 0.6) is 0 Å². The molecule has 25 nitrogen and oxygen atoms in total. The average molecular weight is 1200 g/mol. The van der Waals surface area contributed by atoms with Crippen LogP contribution < -0.4 is 37.6 Å². The molecule has 8 aromatic rings. The van der Waals surface area contributed by atoms with E-state index in [9.17, 15) is 38.7 Å². The molecule has 6 amide bonds. The third-order valence-corrected chi connectivity index (χ3v) is 17.2. The van der Waals surface area contributed by atoms with Gasteiger partial charge in [-0.25, -0.2) is 39.7 Å². The van der Waals surface area contributed by atoms with Crippen LogP contribution in [0, 0.1) is 6.92 Å². The predicted octanol–water partition coefficient (Wildman–Crippen LogP) is 6.18. The molecule has 0 saturated heterocycles. The number of rotatable bonds is 13. The van der Waals surface area contributed by atoms with Crippen LogP contribution >= 0.6 is 68.0 Å². The Morgan fingerprint density at radius 1 is 0.775 bits per heavy atom. The molecule has 0 aliphatic carbocycles. The lowest BCUT2D eigenvalue weighted by Crippen LogP contribution is -2.40. The van der Waals surface area contributed by atoms with Crippen molar-refractivity contribution in [2.75, 3.05) is 37.9 Å². The summed E-state index contributed by atoms with van der Waals surface area (Å²) in [5, 5.41) is 45.4. The smallest absolute Gasteiger partial charge is 0.412 e. The van der Waals surface area contributed by atoms with Crippen molar-refractivity contribution in [3.8, 4) is 43.4 Å². The minimum atomic E-state index is -1.29. The summed E-state index contributed by atoms with van der Waals surface area (Å²) in [6, 6.07) is 8.91. The molecule has 0 radical (unpaired) electrons. The van der Waals surface area contributed by atoms with E-state index in [1.165, 1.54) is 36.8 Å². The molecule has 414 valence electrons. The Hall–Kier alpha value is -7.88. The van der Waals surface area contributed by atoms with Crippen LogP contribution in [0.4, 0.5) is 15.7 Å². The quantitative estimate of drug-likeness (QED) is 0.0582. The van der Waals surface area contributed by atoms with Gasteiger partial charge in [0.1, 0.15) is 83.2 Å². The summed E-state index contributed by atoms with van der Waals surface area (Å²) in [6.07, 6.45) is -2.00. The van der Waals surface area contributed by atoms with Crippen molar-refractivity contribution in [1.29, 1.82) is 0 Å². The fraction of sp³-hybridized carbons (Fsp3) is 0.265. The SMILES string of the molecule is CNC(=O)C[C@@H]1NC(=O)c2csc(n2)-c2ccc(-c3nc(NC(=O)OCCC[C@H](N)C(=O)O)cs3)nc2-c2csc(n2)-c2csc(n2)[C@H]([C@@H](O)c2ccccc2)NC(=O)CNC(=O)c2nc(sc2COC)NC(=O)c2nc1sc2C. The van der Waals surface area contributed by atoms with Gasteiger partial charge in [0, 0.05) is 46.1 Å². The molecule has 31 heteroatoms. The lowest BCUT2D eigenvalue weighted by atomic mass is 10.0. The fourth-order valence-corrected chi connectivity index (χ4v) is 12.9. The van der Waals surface area contributed by atoms with Crippen molar-refractivity contribution in [3.63, 3.8) is 0 Å². The largest absolute Gasteiger partial charge is 0.480 e. The standard InChI is InChI=1S/C49H46N14O11S6/c1-21-34-41(69)63-48-62-36(30(80-48)16-73-3)40(68)52-15-33(65)60-37(38(66)22-8-5-4-6-9-22)46-57-29(19-77-46)44-55-27(17-76-44)35-23(42-56-28(18-75-42)39(67)54-26(14-32(64)51-2)45(61-34)79-21)11-12-25(53-35)43-58-31(20-78-43)59-49(72)74-13-7-10-24(50)47(70)71/h4-6,8-9,11-12,17-20,24,26,37-38,66H,7,10,13-16,50H2,1-3H3,(H,51,64)(H,52,68)(H,54,67)(H,59,72)(H,60,65)(H,70,71)(H,62,63,69)/t24-,26-,37-,38-/m0/s1. The van der Waals surface area contributed by atoms with Crippen LogP contribution in [0.15, 0.2) is 64.0 Å². The van der Waals surface area contributed by atoms with Gasteiger partial charge in [0.05, 0.1) is 42.8 Å². The van der Waals surface area contributed by atoms with Gasteiger partial charge in [-0.2, -0.15) is 0 Å². The Kier molecular flexibility index (Phi) is 18.1. The van der Waals surface area contributed by atoms with Crippen molar-refractivity contribution in [2.45, 2.75) is 57.0 Å². The number of ether oxygens (including phenoxy) is 2. The van der Waals surface area contributed by atoms with Gasteiger partial charge in [-0.15, -0.1) is 56.7 Å². The Bertz CT molecular complexity index is 3610. The Labute approximate surface area is 477 Å². The van der Waals surface area contributed by atoms with Crippen LogP contribution in [0.2, 0.25) is 0 Å². The summed E-state index contributed by atoms with van der Waals surface area (Å²) in [5.74, 6) is -4.16. The summed E-state index contributed by atoms with van der Waals surface area (Å²) in [7, 11) is 2.87. The second-order valence-electron chi connectivity index (χ2n) is 17.2. The topological polar surface area (TPSA) is 367 Å². The van der Waals surface area contributed by atoms with Gasteiger partial charge < -0.3 is 46.7 Å². The van der Waals surface area contributed by atoms with Gasteiger partial charge in [0.2, 0.25) is 11.8 Å². The van der Waals surface area contributed by atoms with E-state index in [2.05, 4.69) is 46.9 Å². The molecule has 4 atom stereocenters. The number of carboxylic acids is 1. The molecule has 9 rings (SSSR count). The molecule has 10 bridgehead atoms. The maximum atomic E-state index is 14.2. The number of nitrogens with two attached hydrogens (primary N) is 1. The number of aliphatic carboxylic acids is 1. The maximum absolute atomic E-state index is 14.2. The second kappa shape index (κ2) is 25.5. The van der Waals surface area contributed by atoms with Crippen molar-refractivity contribution in [1.82, 2.24) is 56.2 Å². The maximum Gasteiger partial charge on any atom is 0.412 e. The molecular weight excluding hydrogens is 1150 g/mol. The van der Waals surface area contributed by atoms with Crippen LogP contribution in [-0.2, 0) is 30.5 Å². The molecule has 8 heterocycles. The minimum Gasteiger partial charge on any atom is -0.480 e. The van der Waals surface area contributed by atoms with E-state index in [4.69, 9.17) is 40.2 Å². The van der Waals surface area contributed by atoms with E-state index in [-0.39, 0.29) is 65.5 Å². The number of aryl methyl sites for hydroxylation is 1. The summed E-state index contributed by atoms with van der Waals surface area (Å²) in [6.45, 7) is 0.978. The molecule has 0 unspecified atom stereocenters. The third kappa shape index (κ3) is 13.4. The number of carbonyl (C=O) groups excluding carboxylic acids is 6. The first kappa shape index (κ1) is 56.8. The number of aliphatic hydroxyl groups excluding tert-OH is 1. The lowest BCUT2D eigenvalue weighted by molar-refractivity contribution is -0.138.